The first-order chi connectivity index (χ1) is 14.0. The average molecular weight is 400 g/mol. The third-order valence-corrected chi connectivity index (χ3v) is 4.09. The Hall–Kier alpha value is -3.39. The zero-order chi connectivity index (χ0) is 21.1. The van der Waals surface area contributed by atoms with Gasteiger partial charge in [-0.05, 0) is 11.1 Å². The number of hydrogen-bond donors (Lipinski definition) is 3. The molecule has 2 rings (SSSR count). The number of aliphatic hydroxyl groups is 1. The number of methoxy groups -OCH3 is 1. The summed E-state index contributed by atoms with van der Waals surface area (Å²) < 4.78 is 9.72. The number of ether oxygens (including phenoxy) is 2. The third-order valence-electron chi connectivity index (χ3n) is 4.09. The molecule has 2 amide bonds. The molecule has 0 spiro atoms. The Kier molecular flexibility index (Phi) is 8.65. The van der Waals surface area contributed by atoms with E-state index in [2.05, 4.69) is 15.4 Å². The lowest BCUT2D eigenvalue weighted by molar-refractivity contribution is -0.146. The van der Waals surface area contributed by atoms with Crippen LogP contribution >= 0.6 is 0 Å². The van der Waals surface area contributed by atoms with Crippen molar-refractivity contribution < 1.29 is 29.0 Å². The van der Waals surface area contributed by atoms with Crippen molar-refractivity contribution in [2.75, 3.05) is 13.7 Å². The maximum atomic E-state index is 12.6. The molecule has 0 fully saturated rings. The molecule has 2 aromatic carbocycles. The highest BCUT2D eigenvalue weighted by Gasteiger charge is 2.27. The Morgan fingerprint density at radius 2 is 1.48 bits per heavy atom. The van der Waals surface area contributed by atoms with Crippen molar-refractivity contribution in [1.29, 1.82) is 0 Å². The summed E-state index contributed by atoms with van der Waals surface area (Å²) in [5.74, 6) is -1.43. The molecule has 8 nitrogen and oxygen atoms in total. The fourth-order valence-corrected chi connectivity index (χ4v) is 2.56. The number of esters is 1. The molecule has 154 valence electrons. The average Bonchev–Trinajstić information content (AvgIpc) is 2.76. The second-order valence-corrected chi connectivity index (χ2v) is 6.22. The molecule has 0 saturated carbocycles. The van der Waals surface area contributed by atoms with Crippen molar-refractivity contribution in [3.05, 3.63) is 71.8 Å². The van der Waals surface area contributed by atoms with Gasteiger partial charge in [0.05, 0.1) is 13.7 Å². The molecule has 0 aliphatic heterocycles. The number of carbonyl (C=O) groups excluding carboxylic acids is 3. The van der Waals surface area contributed by atoms with Crippen molar-refractivity contribution in [2.45, 2.75) is 25.1 Å². The zero-order valence-corrected chi connectivity index (χ0v) is 16.0. The maximum Gasteiger partial charge on any atom is 0.408 e. The summed E-state index contributed by atoms with van der Waals surface area (Å²) in [4.78, 5) is 36.5. The maximum absolute atomic E-state index is 12.6. The SMILES string of the molecule is COC(=O)[C@H](CO)NC(=O)[C@@H](Cc1ccccc1)NC(=O)OCc1ccccc1. The van der Waals surface area contributed by atoms with Gasteiger partial charge >= 0.3 is 12.1 Å². The van der Waals surface area contributed by atoms with E-state index < -0.39 is 36.7 Å². The predicted molar refractivity (Wildman–Crippen MR) is 105 cm³/mol. The molecule has 0 saturated heterocycles. The van der Waals surface area contributed by atoms with Crippen LogP contribution in [0.4, 0.5) is 4.79 Å². The Labute approximate surface area is 168 Å². The number of alkyl carbamates (subject to hydrolysis) is 1. The van der Waals surface area contributed by atoms with Crippen LogP contribution in [-0.2, 0) is 32.1 Å². The quantitative estimate of drug-likeness (QED) is 0.545. The minimum Gasteiger partial charge on any atom is -0.467 e. The van der Waals surface area contributed by atoms with E-state index in [1.165, 1.54) is 0 Å². The predicted octanol–water partition coefficient (Wildman–Crippen LogP) is 1.17. The molecule has 2 atom stereocenters. The number of hydrogen-bond acceptors (Lipinski definition) is 6. The summed E-state index contributed by atoms with van der Waals surface area (Å²) in [6.45, 7) is -0.581. The van der Waals surface area contributed by atoms with Gasteiger partial charge in [-0.2, -0.15) is 0 Å². The van der Waals surface area contributed by atoms with E-state index in [-0.39, 0.29) is 13.0 Å². The molecule has 0 unspecified atom stereocenters. The van der Waals surface area contributed by atoms with Crippen LogP contribution in [0.5, 0.6) is 0 Å². The fraction of sp³-hybridized carbons (Fsp3) is 0.286. The van der Waals surface area contributed by atoms with Crippen LogP contribution in [0.1, 0.15) is 11.1 Å². The third kappa shape index (κ3) is 7.27. The number of carbonyl (C=O) groups is 3. The lowest BCUT2D eigenvalue weighted by atomic mass is 10.1. The summed E-state index contributed by atoms with van der Waals surface area (Å²) in [5.41, 5.74) is 1.60. The van der Waals surface area contributed by atoms with E-state index in [4.69, 9.17) is 4.74 Å². The normalized spacial score (nSPS) is 12.3. The number of rotatable bonds is 9. The van der Waals surface area contributed by atoms with Crippen LogP contribution < -0.4 is 10.6 Å². The van der Waals surface area contributed by atoms with Gasteiger partial charge in [0, 0.05) is 6.42 Å². The second-order valence-electron chi connectivity index (χ2n) is 6.22. The molecule has 0 aliphatic rings. The first-order valence-corrected chi connectivity index (χ1v) is 9.03. The van der Waals surface area contributed by atoms with Crippen molar-refractivity contribution in [2.24, 2.45) is 0 Å². The van der Waals surface area contributed by atoms with Crippen LogP contribution in [0, 0.1) is 0 Å². The molecule has 0 aliphatic carbocycles. The van der Waals surface area contributed by atoms with Gasteiger partial charge in [0.2, 0.25) is 5.91 Å². The largest absolute Gasteiger partial charge is 0.467 e. The minimum absolute atomic E-state index is 0.0494. The lowest BCUT2D eigenvalue weighted by Gasteiger charge is -2.21. The molecule has 3 N–H and O–H groups in total. The van der Waals surface area contributed by atoms with Gasteiger partial charge in [-0.15, -0.1) is 0 Å². The van der Waals surface area contributed by atoms with Crippen molar-refractivity contribution in [3.8, 4) is 0 Å². The van der Waals surface area contributed by atoms with Crippen LogP contribution in [0.25, 0.3) is 0 Å². The van der Waals surface area contributed by atoms with E-state index in [0.717, 1.165) is 18.2 Å². The lowest BCUT2D eigenvalue weighted by Crippen LogP contribution is -2.53. The van der Waals surface area contributed by atoms with Crippen molar-refractivity contribution >= 4 is 18.0 Å². The highest BCUT2D eigenvalue weighted by Crippen LogP contribution is 2.06. The highest BCUT2D eigenvalue weighted by atomic mass is 16.5. The Bertz CT molecular complexity index is 797. The molecule has 0 aromatic heterocycles. The van der Waals surface area contributed by atoms with Gasteiger partial charge in [0.25, 0.3) is 0 Å². The molecular formula is C21H24N2O6. The molecular weight excluding hydrogens is 376 g/mol. The van der Waals surface area contributed by atoms with Gasteiger partial charge in [-0.3, -0.25) is 4.79 Å². The van der Waals surface area contributed by atoms with Crippen molar-refractivity contribution in [1.82, 2.24) is 10.6 Å². The van der Waals surface area contributed by atoms with E-state index in [1.807, 2.05) is 48.5 Å². The Balaban J connectivity index is 2.04. The first-order valence-electron chi connectivity index (χ1n) is 9.03. The summed E-state index contributed by atoms with van der Waals surface area (Å²) in [7, 11) is 1.15. The van der Waals surface area contributed by atoms with Gasteiger partial charge in [0.1, 0.15) is 12.6 Å². The molecule has 0 bridgehead atoms. The summed E-state index contributed by atoms with van der Waals surface area (Å²) in [5, 5.41) is 14.2. The van der Waals surface area contributed by atoms with Crippen molar-refractivity contribution in [3.63, 3.8) is 0 Å². The molecule has 0 heterocycles. The molecule has 0 radical (unpaired) electrons. The Morgan fingerprint density at radius 1 is 0.897 bits per heavy atom. The number of nitrogens with one attached hydrogen (secondary N) is 2. The van der Waals surface area contributed by atoms with Gasteiger partial charge in [0.15, 0.2) is 6.04 Å². The fourth-order valence-electron chi connectivity index (χ4n) is 2.56. The van der Waals surface area contributed by atoms with E-state index >= 15 is 0 Å². The number of benzene rings is 2. The summed E-state index contributed by atoms with van der Waals surface area (Å²) in [6.07, 6.45) is -0.601. The standard InChI is InChI=1S/C21H24N2O6/c1-28-20(26)18(13-24)22-19(25)17(12-15-8-4-2-5-9-15)23-21(27)29-14-16-10-6-3-7-11-16/h2-11,17-18,24H,12-14H2,1H3,(H,22,25)(H,23,27)/t17-,18+/m1/s1. The van der Waals surface area contributed by atoms with Crippen LogP contribution in [0.3, 0.4) is 0 Å². The number of aliphatic hydroxyl groups excluding tert-OH is 1. The first kappa shape index (κ1) is 21.9. The van der Waals surface area contributed by atoms with Crippen LogP contribution in [0.2, 0.25) is 0 Å². The minimum atomic E-state index is -1.23. The second kappa shape index (κ2) is 11.5. The summed E-state index contributed by atoms with van der Waals surface area (Å²) >= 11 is 0. The topological polar surface area (TPSA) is 114 Å². The zero-order valence-electron chi connectivity index (χ0n) is 16.0. The van der Waals surface area contributed by atoms with Gasteiger partial charge in [-0.25, -0.2) is 9.59 Å². The van der Waals surface area contributed by atoms with Gasteiger partial charge < -0.3 is 25.2 Å². The highest BCUT2D eigenvalue weighted by molar-refractivity contribution is 5.89. The van der Waals surface area contributed by atoms with E-state index in [1.54, 1.807) is 12.1 Å². The molecule has 2 aromatic rings. The number of amides is 2. The van der Waals surface area contributed by atoms with E-state index in [9.17, 15) is 19.5 Å². The van der Waals surface area contributed by atoms with Crippen LogP contribution in [0.15, 0.2) is 60.7 Å². The Morgan fingerprint density at radius 3 is 2.03 bits per heavy atom. The molecule has 8 heteroatoms. The molecule has 29 heavy (non-hydrogen) atoms. The van der Waals surface area contributed by atoms with E-state index in [0.29, 0.717) is 0 Å². The summed E-state index contributed by atoms with van der Waals surface area (Å²) in [6, 6.07) is 15.9. The smallest absolute Gasteiger partial charge is 0.408 e. The monoisotopic (exact) mass is 400 g/mol. The van der Waals surface area contributed by atoms with Gasteiger partial charge in [-0.1, -0.05) is 60.7 Å². The van der Waals surface area contributed by atoms with Crippen LogP contribution in [-0.4, -0.2) is 48.9 Å².